The van der Waals surface area contributed by atoms with E-state index in [9.17, 15) is 5.11 Å². The third-order valence-corrected chi connectivity index (χ3v) is 4.84. The molecule has 0 bridgehead atoms. The van der Waals surface area contributed by atoms with E-state index in [4.69, 9.17) is 0 Å². The topological polar surface area (TPSA) is 32.3 Å². The van der Waals surface area contributed by atoms with Gasteiger partial charge in [0.25, 0.3) is 0 Å². The first-order valence-electron chi connectivity index (χ1n) is 8.13. The molecule has 112 valence electrons. The first-order chi connectivity index (χ1) is 9.69. The van der Waals surface area contributed by atoms with Crippen LogP contribution in [-0.2, 0) is 5.54 Å². The number of benzene rings is 1. The highest BCUT2D eigenvalue weighted by molar-refractivity contribution is 5.26. The molecule has 0 spiro atoms. The van der Waals surface area contributed by atoms with Crippen LogP contribution >= 0.6 is 0 Å². The number of nitrogens with one attached hydrogen (secondary N) is 1. The van der Waals surface area contributed by atoms with Crippen LogP contribution < -0.4 is 5.32 Å². The maximum absolute atomic E-state index is 10.1. The molecule has 2 N–H and O–H groups in total. The Morgan fingerprint density at radius 2 is 1.70 bits per heavy atom. The van der Waals surface area contributed by atoms with Crippen molar-refractivity contribution in [2.75, 3.05) is 6.61 Å². The van der Waals surface area contributed by atoms with Crippen molar-refractivity contribution in [3.63, 3.8) is 0 Å². The van der Waals surface area contributed by atoms with Gasteiger partial charge in [0.2, 0.25) is 0 Å². The summed E-state index contributed by atoms with van der Waals surface area (Å²) in [7, 11) is 0. The van der Waals surface area contributed by atoms with Crippen LogP contribution in [0.4, 0.5) is 0 Å². The van der Waals surface area contributed by atoms with Gasteiger partial charge in [-0.05, 0) is 24.3 Å². The fourth-order valence-electron chi connectivity index (χ4n) is 3.43. The van der Waals surface area contributed by atoms with Crippen molar-refractivity contribution in [2.45, 2.75) is 64.0 Å². The Kier molecular flexibility index (Phi) is 5.62. The van der Waals surface area contributed by atoms with E-state index >= 15 is 0 Å². The fourth-order valence-corrected chi connectivity index (χ4v) is 3.43. The minimum atomic E-state index is -0.309. The first-order valence-corrected chi connectivity index (χ1v) is 8.13. The molecule has 0 aliphatic heterocycles. The SMILES string of the molecule is CC(C)C(CO)(NC1CCCCCC1)c1ccccc1. The zero-order chi connectivity index (χ0) is 14.4. The van der Waals surface area contributed by atoms with Gasteiger partial charge in [0.1, 0.15) is 0 Å². The number of aliphatic hydroxyl groups is 1. The summed E-state index contributed by atoms with van der Waals surface area (Å²) >= 11 is 0. The molecule has 0 heterocycles. The second kappa shape index (κ2) is 7.24. The Bertz CT molecular complexity index is 382. The first kappa shape index (κ1) is 15.5. The second-order valence-electron chi connectivity index (χ2n) is 6.48. The minimum Gasteiger partial charge on any atom is -0.394 e. The van der Waals surface area contributed by atoms with Crippen LogP contribution in [0.5, 0.6) is 0 Å². The lowest BCUT2D eigenvalue weighted by Gasteiger charge is -2.41. The lowest BCUT2D eigenvalue weighted by molar-refractivity contribution is 0.0997. The van der Waals surface area contributed by atoms with E-state index < -0.39 is 0 Å². The Balaban J connectivity index is 2.22. The highest BCUT2D eigenvalue weighted by Gasteiger charge is 2.36. The molecular formula is C18H29NO. The van der Waals surface area contributed by atoms with Crippen molar-refractivity contribution in [2.24, 2.45) is 5.92 Å². The molecule has 2 nitrogen and oxygen atoms in total. The summed E-state index contributed by atoms with van der Waals surface area (Å²) in [5.41, 5.74) is 0.901. The Labute approximate surface area is 123 Å². The van der Waals surface area contributed by atoms with Crippen molar-refractivity contribution in [3.8, 4) is 0 Å². The summed E-state index contributed by atoms with van der Waals surface area (Å²) in [4.78, 5) is 0. The summed E-state index contributed by atoms with van der Waals surface area (Å²) in [6.45, 7) is 4.56. The zero-order valence-electron chi connectivity index (χ0n) is 12.9. The molecule has 1 atom stereocenters. The van der Waals surface area contributed by atoms with Gasteiger partial charge in [0, 0.05) is 6.04 Å². The van der Waals surface area contributed by atoms with E-state index in [0.29, 0.717) is 12.0 Å². The number of hydrogen-bond acceptors (Lipinski definition) is 2. The van der Waals surface area contributed by atoms with Crippen molar-refractivity contribution in [1.82, 2.24) is 5.32 Å². The van der Waals surface area contributed by atoms with E-state index in [1.54, 1.807) is 0 Å². The van der Waals surface area contributed by atoms with Gasteiger partial charge in [-0.25, -0.2) is 0 Å². The average Bonchev–Trinajstić information content (AvgIpc) is 2.74. The standard InChI is InChI=1S/C18H29NO/c1-15(2)18(14-20,16-10-6-5-7-11-16)19-17-12-8-3-4-9-13-17/h5-7,10-11,15,17,19-20H,3-4,8-9,12-14H2,1-2H3. The van der Waals surface area contributed by atoms with Crippen molar-refractivity contribution in [3.05, 3.63) is 35.9 Å². The van der Waals surface area contributed by atoms with Crippen LogP contribution in [0, 0.1) is 5.92 Å². The highest BCUT2D eigenvalue weighted by Crippen LogP contribution is 2.32. The van der Waals surface area contributed by atoms with Crippen molar-refractivity contribution >= 4 is 0 Å². The lowest BCUT2D eigenvalue weighted by Crippen LogP contribution is -2.54. The quantitative estimate of drug-likeness (QED) is 0.800. The smallest absolute Gasteiger partial charge is 0.0694 e. The predicted octanol–water partition coefficient (Wildman–Crippen LogP) is 3.84. The van der Waals surface area contributed by atoms with E-state index in [0.717, 1.165) is 0 Å². The lowest BCUT2D eigenvalue weighted by atomic mass is 9.79. The molecule has 20 heavy (non-hydrogen) atoms. The fraction of sp³-hybridized carbons (Fsp3) is 0.667. The molecule has 1 aromatic carbocycles. The zero-order valence-corrected chi connectivity index (χ0v) is 12.9. The van der Waals surface area contributed by atoms with Crippen molar-refractivity contribution in [1.29, 1.82) is 0 Å². The van der Waals surface area contributed by atoms with Crippen LogP contribution in [0.25, 0.3) is 0 Å². The van der Waals surface area contributed by atoms with Gasteiger partial charge >= 0.3 is 0 Å². The van der Waals surface area contributed by atoms with Crippen LogP contribution in [0.2, 0.25) is 0 Å². The third kappa shape index (κ3) is 3.42. The average molecular weight is 275 g/mol. The maximum Gasteiger partial charge on any atom is 0.0694 e. The Morgan fingerprint density at radius 3 is 2.20 bits per heavy atom. The van der Waals surface area contributed by atoms with Gasteiger partial charge in [0.05, 0.1) is 12.1 Å². The molecule has 2 rings (SSSR count). The second-order valence-corrected chi connectivity index (χ2v) is 6.48. The highest BCUT2D eigenvalue weighted by atomic mass is 16.3. The third-order valence-electron chi connectivity index (χ3n) is 4.84. The van der Waals surface area contributed by atoms with E-state index in [-0.39, 0.29) is 12.1 Å². The van der Waals surface area contributed by atoms with E-state index in [1.807, 2.05) is 6.07 Å². The molecule has 2 heteroatoms. The molecular weight excluding hydrogens is 246 g/mol. The molecule has 1 aromatic rings. The minimum absolute atomic E-state index is 0.158. The van der Waals surface area contributed by atoms with Gasteiger partial charge < -0.3 is 10.4 Å². The normalized spacial score (nSPS) is 20.6. The summed E-state index contributed by atoms with van der Waals surface area (Å²) in [6, 6.07) is 11.0. The van der Waals surface area contributed by atoms with Crippen LogP contribution in [0.3, 0.4) is 0 Å². The Morgan fingerprint density at radius 1 is 1.10 bits per heavy atom. The molecule has 0 radical (unpaired) electrons. The predicted molar refractivity (Wildman–Crippen MR) is 84.7 cm³/mol. The molecule has 0 aromatic heterocycles. The van der Waals surface area contributed by atoms with E-state index in [2.05, 4.69) is 43.4 Å². The summed E-state index contributed by atoms with van der Waals surface area (Å²) in [5.74, 6) is 0.359. The van der Waals surface area contributed by atoms with Gasteiger partial charge in [-0.3, -0.25) is 0 Å². The van der Waals surface area contributed by atoms with Crippen LogP contribution in [0.15, 0.2) is 30.3 Å². The number of rotatable bonds is 5. The van der Waals surface area contributed by atoms with Crippen LogP contribution in [0.1, 0.15) is 57.9 Å². The largest absolute Gasteiger partial charge is 0.394 e. The molecule has 1 saturated carbocycles. The van der Waals surface area contributed by atoms with Crippen LogP contribution in [-0.4, -0.2) is 17.8 Å². The Hall–Kier alpha value is -0.860. The summed E-state index contributed by atoms with van der Waals surface area (Å²) < 4.78 is 0. The molecule has 1 aliphatic rings. The summed E-state index contributed by atoms with van der Waals surface area (Å²) in [5, 5.41) is 14.0. The molecule has 1 aliphatic carbocycles. The molecule has 1 fully saturated rings. The van der Waals surface area contributed by atoms with Gasteiger partial charge in [0.15, 0.2) is 0 Å². The van der Waals surface area contributed by atoms with Gasteiger partial charge in [-0.15, -0.1) is 0 Å². The van der Waals surface area contributed by atoms with Gasteiger partial charge in [-0.1, -0.05) is 69.9 Å². The molecule has 1 unspecified atom stereocenters. The monoisotopic (exact) mass is 275 g/mol. The summed E-state index contributed by atoms with van der Waals surface area (Å²) in [6.07, 6.45) is 7.81. The van der Waals surface area contributed by atoms with E-state index in [1.165, 1.54) is 44.1 Å². The number of hydrogen-bond donors (Lipinski definition) is 2. The molecule has 0 saturated heterocycles. The molecule has 0 amide bonds. The maximum atomic E-state index is 10.1. The number of aliphatic hydroxyl groups excluding tert-OH is 1. The van der Waals surface area contributed by atoms with Gasteiger partial charge in [-0.2, -0.15) is 0 Å². The van der Waals surface area contributed by atoms with Crippen molar-refractivity contribution < 1.29 is 5.11 Å².